The number of H-pyrrole nitrogens is 1. The number of nitrogens with one attached hydrogen (secondary N) is 1. The van der Waals surface area contributed by atoms with Crippen molar-refractivity contribution in [2.75, 3.05) is 14.2 Å². The Morgan fingerprint density at radius 1 is 1.28 bits per heavy atom. The molecule has 8 heteroatoms. The number of methoxy groups -OCH3 is 1. The van der Waals surface area contributed by atoms with E-state index in [1.807, 2.05) is 18.2 Å². The van der Waals surface area contributed by atoms with Crippen LogP contribution in [0.1, 0.15) is 26.5 Å². The van der Waals surface area contributed by atoms with E-state index in [1.165, 1.54) is 11.2 Å². The van der Waals surface area contributed by atoms with Crippen molar-refractivity contribution >= 4 is 22.8 Å². The number of carbonyl (C=O) groups excluding carboxylic acids is 1. The number of fused-ring (bicyclic) bond motifs is 1. The van der Waals surface area contributed by atoms with Gasteiger partial charge in [-0.05, 0) is 17.7 Å². The fourth-order valence-electron chi connectivity index (χ4n) is 2.64. The number of aromatic carboxylic acids is 1. The predicted molar refractivity (Wildman–Crippen MR) is 89.6 cm³/mol. The van der Waals surface area contributed by atoms with Gasteiger partial charge in [-0.1, -0.05) is 12.1 Å². The molecule has 2 heterocycles. The lowest BCUT2D eigenvalue weighted by Gasteiger charge is -2.18. The topological polar surface area (TPSA) is 108 Å². The van der Waals surface area contributed by atoms with Crippen LogP contribution in [-0.2, 0) is 6.54 Å². The van der Waals surface area contributed by atoms with Gasteiger partial charge in [0.2, 0.25) is 0 Å². The number of hydrogen-bond donors (Lipinski definition) is 2. The molecular weight excluding hydrogens is 324 g/mol. The number of rotatable bonds is 5. The van der Waals surface area contributed by atoms with E-state index in [9.17, 15) is 9.59 Å². The number of carboxylic acid groups (broad SMARTS) is 1. The summed E-state index contributed by atoms with van der Waals surface area (Å²) in [4.78, 5) is 35.7. The highest BCUT2D eigenvalue weighted by Gasteiger charge is 2.23. The van der Waals surface area contributed by atoms with Crippen molar-refractivity contribution in [3.05, 3.63) is 53.7 Å². The van der Waals surface area contributed by atoms with E-state index in [0.29, 0.717) is 11.3 Å². The van der Waals surface area contributed by atoms with E-state index in [0.717, 1.165) is 10.9 Å². The third kappa shape index (κ3) is 3.01. The first-order chi connectivity index (χ1) is 12.0. The van der Waals surface area contributed by atoms with E-state index >= 15 is 0 Å². The van der Waals surface area contributed by atoms with Crippen LogP contribution in [0.25, 0.3) is 10.9 Å². The number of amides is 1. The van der Waals surface area contributed by atoms with Crippen molar-refractivity contribution in [3.63, 3.8) is 0 Å². The van der Waals surface area contributed by atoms with Crippen molar-refractivity contribution in [1.82, 2.24) is 19.9 Å². The van der Waals surface area contributed by atoms with Gasteiger partial charge in [-0.25, -0.2) is 9.78 Å². The van der Waals surface area contributed by atoms with Crippen LogP contribution in [0.4, 0.5) is 0 Å². The third-order valence-corrected chi connectivity index (χ3v) is 3.85. The first-order valence-corrected chi connectivity index (χ1v) is 7.45. The molecule has 128 valence electrons. The molecule has 0 fully saturated rings. The van der Waals surface area contributed by atoms with E-state index in [-0.39, 0.29) is 17.9 Å². The number of imidazole rings is 1. The molecule has 3 aromatic rings. The molecule has 1 aromatic carbocycles. The summed E-state index contributed by atoms with van der Waals surface area (Å²) in [5.74, 6) is -1.06. The molecule has 8 nitrogen and oxygen atoms in total. The molecule has 0 spiro atoms. The molecule has 0 saturated carbocycles. The average molecular weight is 340 g/mol. The molecule has 3 rings (SSSR count). The molecule has 0 aliphatic rings. The number of ether oxygens (including phenoxy) is 1. The Balaban J connectivity index is 1.92. The Morgan fingerprint density at radius 3 is 2.80 bits per heavy atom. The predicted octanol–water partition coefficient (Wildman–Crippen LogP) is 1.94. The summed E-state index contributed by atoms with van der Waals surface area (Å²) in [7, 11) is 3.17. The summed E-state index contributed by atoms with van der Waals surface area (Å²) in [5.41, 5.74) is 1.23. The Morgan fingerprint density at radius 2 is 2.08 bits per heavy atom. The first-order valence-electron chi connectivity index (χ1n) is 7.45. The minimum absolute atomic E-state index is 0.119. The molecule has 2 N–H and O–H groups in total. The number of carbonyl (C=O) groups is 2. The highest BCUT2D eigenvalue weighted by Crippen LogP contribution is 2.27. The molecule has 2 aromatic heterocycles. The zero-order valence-electron chi connectivity index (χ0n) is 13.7. The summed E-state index contributed by atoms with van der Waals surface area (Å²) in [6, 6.07) is 7.36. The van der Waals surface area contributed by atoms with E-state index < -0.39 is 11.9 Å². The van der Waals surface area contributed by atoms with E-state index in [2.05, 4.69) is 15.0 Å². The monoisotopic (exact) mass is 340 g/mol. The van der Waals surface area contributed by atoms with Crippen LogP contribution in [0, 0.1) is 0 Å². The highest BCUT2D eigenvalue weighted by molar-refractivity contribution is 6.02. The smallest absolute Gasteiger partial charge is 0.354 e. The van der Waals surface area contributed by atoms with Crippen LogP contribution < -0.4 is 4.74 Å². The Kier molecular flexibility index (Phi) is 4.34. The van der Waals surface area contributed by atoms with Crippen LogP contribution in [-0.4, -0.2) is 51.0 Å². The molecule has 1 amide bonds. The van der Waals surface area contributed by atoms with Crippen molar-refractivity contribution in [2.45, 2.75) is 6.54 Å². The van der Waals surface area contributed by atoms with Gasteiger partial charge >= 0.3 is 5.97 Å². The lowest BCUT2D eigenvalue weighted by molar-refractivity contribution is 0.0674. The maximum Gasteiger partial charge on any atom is 0.354 e. The maximum atomic E-state index is 12.5. The number of aromatic nitrogens is 3. The van der Waals surface area contributed by atoms with Gasteiger partial charge in [-0.2, -0.15) is 0 Å². The number of carboxylic acids is 1. The molecule has 0 aliphatic heterocycles. The molecule has 0 unspecified atom stereocenters. The number of hydrogen-bond acceptors (Lipinski definition) is 5. The van der Waals surface area contributed by atoms with Crippen LogP contribution in [0.3, 0.4) is 0 Å². The number of pyridine rings is 1. The van der Waals surface area contributed by atoms with Crippen LogP contribution >= 0.6 is 0 Å². The van der Waals surface area contributed by atoms with Crippen LogP contribution in [0.5, 0.6) is 5.75 Å². The fourth-order valence-corrected chi connectivity index (χ4v) is 2.64. The van der Waals surface area contributed by atoms with Gasteiger partial charge in [-0.15, -0.1) is 0 Å². The standard InChI is InChI=1S/C17H16N4O4/c1-21(16(22)14-15(17(23)24)20-9-19-14)8-10-5-6-12(25-2)13-11(10)4-3-7-18-13/h3-7,9H,8H2,1-2H3,(H,19,20)(H,23,24). The first kappa shape index (κ1) is 16.4. The number of benzene rings is 1. The van der Waals surface area contributed by atoms with Gasteiger partial charge in [0.05, 0.1) is 13.4 Å². The Hall–Kier alpha value is -3.42. The zero-order valence-corrected chi connectivity index (χ0v) is 13.7. The summed E-state index contributed by atoms with van der Waals surface area (Å²) in [6.07, 6.45) is 2.86. The summed E-state index contributed by atoms with van der Waals surface area (Å²) in [5, 5.41) is 9.97. The molecule has 0 bridgehead atoms. The van der Waals surface area contributed by atoms with Gasteiger partial charge in [-0.3, -0.25) is 9.78 Å². The van der Waals surface area contributed by atoms with Gasteiger partial charge in [0.15, 0.2) is 11.4 Å². The van der Waals surface area contributed by atoms with Gasteiger partial charge in [0.25, 0.3) is 5.91 Å². The second-order valence-electron chi connectivity index (χ2n) is 5.42. The van der Waals surface area contributed by atoms with E-state index in [4.69, 9.17) is 9.84 Å². The van der Waals surface area contributed by atoms with Crippen molar-refractivity contribution < 1.29 is 19.4 Å². The van der Waals surface area contributed by atoms with Crippen molar-refractivity contribution in [2.24, 2.45) is 0 Å². The van der Waals surface area contributed by atoms with E-state index in [1.54, 1.807) is 26.4 Å². The zero-order chi connectivity index (χ0) is 18.0. The fraction of sp³-hybridized carbons (Fsp3) is 0.176. The SMILES string of the molecule is COc1ccc(CN(C)C(=O)c2nc[nH]c2C(=O)O)c2cccnc12. The van der Waals surface area contributed by atoms with Crippen molar-refractivity contribution in [1.29, 1.82) is 0 Å². The lowest BCUT2D eigenvalue weighted by Crippen LogP contribution is -2.28. The van der Waals surface area contributed by atoms with Gasteiger partial charge in [0, 0.05) is 25.2 Å². The number of nitrogens with zero attached hydrogens (tertiary/aromatic N) is 3. The average Bonchev–Trinajstić information content (AvgIpc) is 3.11. The van der Waals surface area contributed by atoms with Crippen LogP contribution in [0.15, 0.2) is 36.8 Å². The summed E-state index contributed by atoms with van der Waals surface area (Å²) < 4.78 is 5.31. The normalized spacial score (nSPS) is 10.6. The summed E-state index contributed by atoms with van der Waals surface area (Å²) in [6.45, 7) is 0.275. The molecule has 0 aliphatic carbocycles. The Bertz CT molecular complexity index is 951. The largest absolute Gasteiger partial charge is 0.494 e. The summed E-state index contributed by atoms with van der Waals surface area (Å²) >= 11 is 0. The quantitative estimate of drug-likeness (QED) is 0.735. The second kappa shape index (κ2) is 6.60. The Labute approximate surface area is 143 Å². The minimum atomic E-state index is -1.23. The molecule has 25 heavy (non-hydrogen) atoms. The van der Waals surface area contributed by atoms with Gasteiger partial charge < -0.3 is 19.7 Å². The molecule has 0 atom stereocenters. The van der Waals surface area contributed by atoms with Gasteiger partial charge in [0.1, 0.15) is 11.3 Å². The van der Waals surface area contributed by atoms with Crippen molar-refractivity contribution in [3.8, 4) is 5.75 Å². The highest BCUT2D eigenvalue weighted by atomic mass is 16.5. The lowest BCUT2D eigenvalue weighted by atomic mass is 10.1. The minimum Gasteiger partial charge on any atom is -0.494 e. The number of aromatic amines is 1. The third-order valence-electron chi connectivity index (χ3n) is 3.85. The second-order valence-corrected chi connectivity index (χ2v) is 5.42. The van der Waals surface area contributed by atoms with Crippen LogP contribution in [0.2, 0.25) is 0 Å². The maximum absolute atomic E-state index is 12.5. The molecule has 0 saturated heterocycles. The molecule has 0 radical (unpaired) electrons. The molecular formula is C17H16N4O4.